The Labute approximate surface area is 443 Å². The van der Waals surface area contributed by atoms with Gasteiger partial charge in [-0.15, -0.1) is 0 Å². The molecule has 0 aromatic rings. The molecule has 6 heteroatoms. The largest absolute Gasteiger partial charge is 0.462 e. The van der Waals surface area contributed by atoms with Gasteiger partial charge in [0.2, 0.25) is 0 Å². The van der Waals surface area contributed by atoms with Crippen LogP contribution in [0.2, 0.25) is 0 Å². The van der Waals surface area contributed by atoms with Crippen LogP contribution in [0.3, 0.4) is 0 Å². The maximum absolute atomic E-state index is 12.9. The monoisotopic (exact) mass is 997 g/mol. The van der Waals surface area contributed by atoms with Crippen LogP contribution in [-0.4, -0.2) is 37.2 Å². The van der Waals surface area contributed by atoms with Crippen LogP contribution >= 0.6 is 0 Å². The fraction of sp³-hybridized carbons (Fsp3) is 0.652. The first-order valence-corrected chi connectivity index (χ1v) is 29.5. The number of ether oxygens (including phenoxy) is 3. The highest BCUT2D eigenvalue weighted by Gasteiger charge is 2.19. The summed E-state index contributed by atoms with van der Waals surface area (Å²) in [6, 6.07) is 0. The molecule has 0 aliphatic carbocycles. The van der Waals surface area contributed by atoms with Crippen molar-refractivity contribution >= 4 is 17.9 Å². The van der Waals surface area contributed by atoms with E-state index < -0.39 is 6.10 Å². The highest BCUT2D eigenvalue weighted by molar-refractivity contribution is 5.71. The standard InChI is InChI=1S/C66H108O6/c1-4-7-10-13-16-19-22-25-28-31-32-33-34-36-38-41-44-47-50-53-56-59-65(68)71-62-63(61-70-64(67)58-55-52-49-46-43-40-37-30-27-24-21-18-15-12-9-6-3)72-66(69)60-57-54-51-48-45-42-39-35-29-26-23-20-17-14-11-8-5-2/h7-8,10-11,16-17,19-21,24-26,28-30,32-33,37,39,42,63H,4-6,9,12-15,18,22-23,27,31,34-36,38,40-41,43-62H2,1-3H3/b10-7-,11-8-,19-16-,20-17-,24-21-,28-25-,29-26-,33-32-,37-30-,42-39-. The van der Waals surface area contributed by atoms with Crippen molar-refractivity contribution in [2.45, 2.75) is 264 Å². The molecule has 0 aromatic carbocycles. The molecular weight excluding hydrogens is 889 g/mol. The van der Waals surface area contributed by atoms with E-state index in [9.17, 15) is 14.4 Å². The first kappa shape index (κ1) is 67.8. The summed E-state index contributed by atoms with van der Waals surface area (Å²) >= 11 is 0. The van der Waals surface area contributed by atoms with Gasteiger partial charge in [-0.05, 0) is 128 Å². The second-order valence-electron chi connectivity index (χ2n) is 19.1. The molecule has 0 rings (SSSR count). The number of rotatable bonds is 52. The van der Waals surface area contributed by atoms with Gasteiger partial charge in [0.05, 0.1) is 0 Å². The Bertz CT molecular complexity index is 1520. The van der Waals surface area contributed by atoms with Gasteiger partial charge in [0.15, 0.2) is 6.10 Å². The lowest BCUT2D eigenvalue weighted by Gasteiger charge is -2.18. The van der Waals surface area contributed by atoms with Gasteiger partial charge in [0.25, 0.3) is 0 Å². The predicted octanol–water partition coefficient (Wildman–Crippen LogP) is 20.0. The van der Waals surface area contributed by atoms with Gasteiger partial charge in [0, 0.05) is 19.3 Å². The Kier molecular flexibility index (Phi) is 55.9. The molecule has 0 saturated carbocycles. The summed E-state index contributed by atoms with van der Waals surface area (Å²) in [6.45, 7) is 6.36. The first-order chi connectivity index (χ1) is 35.5. The molecule has 0 spiro atoms. The Morgan fingerprint density at radius 3 is 0.847 bits per heavy atom. The summed E-state index contributed by atoms with van der Waals surface area (Å²) in [5.74, 6) is -0.945. The number of hydrogen-bond acceptors (Lipinski definition) is 6. The molecule has 1 atom stereocenters. The van der Waals surface area contributed by atoms with E-state index in [1.54, 1.807) is 0 Å². The zero-order chi connectivity index (χ0) is 52.2. The van der Waals surface area contributed by atoms with Gasteiger partial charge in [0.1, 0.15) is 13.2 Å². The molecule has 408 valence electrons. The van der Waals surface area contributed by atoms with E-state index in [-0.39, 0.29) is 31.1 Å². The van der Waals surface area contributed by atoms with Crippen LogP contribution in [0.4, 0.5) is 0 Å². The molecule has 0 aliphatic rings. The normalized spacial score (nSPS) is 13.0. The summed E-state index contributed by atoms with van der Waals surface area (Å²) in [4.78, 5) is 38.2. The fourth-order valence-corrected chi connectivity index (χ4v) is 7.81. The number of allylic oxidation sites excluding steroid dienone is 20. The molecule has 0 aromatic heterocycles. The van der Waals surface area contributed by atoms with Crippen LogP contribution in [0, 0.1) is 0 Å². The topological polar surface area (TPSA) is 78.9 Å². The second-order valence-corrected chi connectivity index (χ2v) is 19.1. The lowest BCUT2D eigenvalue weighted by Crippen LogP contribution is -2.30. The van der Waals surface area contributed by atoms with Gasteiger partial charge in [-0.1, -0.05) is 232 Å². The van der Waals surface area contributed by atoms with Crippen LogP contribution in [0.1, 0.15) is 258 Å². The molecule has 0 heterocycles. The first-order valence-electron chi connectivity index (χ1n) is 29.5. The molecule has 0 bridgehead atoms. The van der Waals surface area contributed by atoms with E-state index in [0.717, 1.165) is 154 Å². The summed E-state index contributed by atoms with van der Waals surface area (Å²) in [7, 11) is 0. The Morgan fingerprint density at radius 2 is 0.542 bits per heavy atom. The zero-order valence-electron chi connectivity index (χ0n) is 46.7. The zero-order valence-corrected chi connectivity index (χ0v) is 46.7. The summed E-state index contributed by atoms with van der Waals surface area (Å²) in [5.41, 5.74) is 0. The molecular formula is C66H108O6. The van der Waals surface area contributed by atoms with Crippen molar-refractivity contribution < 1.29 is 28.6 Å². The number of unbranched alkanes of at least 4 members (excludes halogenated alkanes) is 21. The fourth-order valence-electron chi connectivity index (χ4n) is 7.81. The Balaban J connectivity index is 4.47. The Morgan fingerprint density at radius 1 is 0.292 bits per heavy atom. The molecule has 1 unspecified atom stereocenters. The summed E-state index contributed by atoms with van der Waals surface area (Å²) in [5, 5.41) is 0. The number of hydrogen-bond donors (Lipinski definition) is 0. The van der Waals surface area contributed by atoms with E-state index >= 15 is 0 Å². The van der Waals surface area contributed by atoms with Crippen molar-refractivity contribution in [3.8, 4) is 0 Å². The van der Waals surface area contributed by atoms with Crippen LogP contribution in [0.5, 0.6) is 0 Å². The van der Waals surface area contributed by atoms with Crippen molar-refractivity contribution in [1.82, 2.24) is 0 Å². The number of carbonyl (C=O) groups is 3. The molecule has 0 aliphatic heterocycles. The van der Waals surface area contributed by atoms with Gasteiger partial charge in [-0.2, -0.15) is 0 Å². The smallest absolute Gasteiger partial charge is 0.306 e. The molecule has 0 saturated heterocycles. The maximum Gasteiger partial charge on any atom is 0.306 e. The molecule has 6 nitrogen and oxygen atoms in total. The minimum Gasteiger partial charge on any atom is -0.462 e. The number of carbonyl (C=O) groups excluding carboxylic acids is 3. The van der Waals surface area contributed by atoms with Crippen LogP contribution < -0.4 is 0 Å². The van der Waals surface area contributed by atoms with Crippen molar-refractivity contribution in [2.24, 2.45) is 0 Å². The van der Waals surface area contributed by atoms with E-state index in [2.05, 4.69) is 142 Å². The minimum absolute atomic E-state index is 0.0998. The molecule has 0 radical (unpaired) electrons. The molecule has 72 heavy (non-hydrogen) atoms. The van der Waals surface area contributed by atoms with E-state index in [1.165, 1.54) is 64.2 Å². The molecule has 0 fully saturated rings. The summed E-state index contributed by atoms with van der Waals surface area (Å²) < 4.78 is 16.9. The van der Waals surface area contributed by atoms with E-state index in [0.29, 0.717) is 19.3 Å². The third kappa shape index (κ3) is 56.7. The second kappa shape index (κ2) is 59.4. The highest BCUT2D eigenvalue weighted by Crippen LogP contribution is 2.14. The Hall–Kier alpha value is -4.19. The van der Waals surface area contributed by atoms with Crippen molar-refractivity contribution in [3.05, 3.63) is 122 Å². The van der Waals surface area contributed by atoms with Crippen LogP contribution in [0.15, 0.2) is 122 Å². The van der Waals surface area contributed by atoms with Crippen molar-refractivity contribution in [3.63, 3.8) is 0 Å². The van der Waals surface area contributed by atoms with Crippen molar-refractivity contribution in [2.75, 3.05) is 13.2 Å². The van der Waals surface area contributed by atoms with Crippen LogP contribution in [0.25, 0.3) is 0 Å². The predicted molar refractivity (Wildman–Crippen MR) is 311 cm³/mol. The SMILES string of the molecule is CC/C=C\C/C=C\C/C=C\C/C=C\CCCCCCCCCCC(=O)OCC(COC(=O)CCCCCCC/C=C\C/C=C\CCCCCC)OC(=O)CCCCCC/C=C\C/C=C\C/C=C\C/C=C\CC. The summed E-state index contributed by atoms with van der Waals surface area (Å²) in [6.07, 6.45) is 81.8. The average Bonchev–Trinajstić information content (AvgIpc) is 3.38. The number of esters is 3. The lowest BCUT2D eigenvalue weighted by molar-refractivity contribution is -0.167. The van der Waals surface area contributed by atoms with Crippen LogP contribution in [-0.2, 0) is 28.6 Å². The average molecular weight is 998 g/mol. The van der Waals surface area contributed by atoms with E-state index in [4.69, 9.17) is 14.2 Å². The van der Waals surface area contributed by atoms with Gasteiger partial charge < -0.3 is 14.2 Å². The van der Waals surface area contributed by atoms with Gasteiger partial charge >= 0.3 is 17.9 Å². The van der Waals surface area contributed by atoms with Gasteiger partial charge in [-0.3, -0.25) is 14.4 Å². The van der Waals surface area contributed by atoms with Crippen molar-refractivity contribution in [1.29, 1.82) is 0 Å². The third-order valence-corrected chi connectivity index (χ3v) is 12.2. The van der Waals surface area contributed by atoms with E-state index in [1.807, 2.05) is 0 Å². The lowest BCUT2D eigenvalue weighted by atomic mass is 10.1. The maximum atomic E-state index is 12.9. The molecule has 0 amide bonds. The quantitative estimate of drug-likeness (QED) is 0.0261. The highest BCUT2D eigenvalue weighted by atomic mass is 16.6. The van der Waals surface area contributed by atoms with Gasteiger partial charge in [-0.25, -0.2) is 0 Å². The third-order valence-electron chi connectivity index (χ3n) is 12.2. The minimum atomic E-state index is -0.805. The molecule has 0 N–H and O–H groups in total.